The molecule has 1 aromatic heterocycles. The summed E-state index contributed by atoms with van der Waals surface area (Å²) in [6.07, 6.45) is 0. The number of carbonyl (C=O) groups is 1. The first kappa shape index (κ1) is 23.1. The number of benzene rings is 2. The summed E-state index contributed by atoms with van der Waals surface area (Å²) in [6, 6.07) is 8.89. The summed E-state index contributed by atoms with van der Waals surface area (Å²) in [7, 11) is 0. The van der Waals surface area contributed by atoms with Crippen molar-refractivity contribution in [2.45, 2.75) is 25.5 Å². The van der Waals surface area contributed by atoms with E-state index in [1.165, 1.54) is 18.2 Å². The monoisotopic (exact) mass is 480 g/mol. The number of hydrogen-bond acceptors (Lipinski definition) is 6. The van der Waals surface area contributed by atoms with Gasteiger partial charge in [-0.2, -0.15) is 0 Å². The van der Waals surface area contributed by atoms with Crippen molar-refractivity contribution >= 4 is 63.1 Å². The van der Waals surface area contributed by atoms with Gasteiger partial charge in [-0.3, -0.25) is 24.3 Å². The Morgan fingerprint density at radius 2 is 2.00 bits per heavy atom. The molecule has 3 aromatic rings. The van der Waals surface area contributed by atoms with Crippen LogP contribution in [0, 0.1) is 16.0 Å². The molecule has 0 radical (unpaired) electrons. The number of amides is 1. The zero-order valence-corrected chi connectivity index (χ0v) is 18.9. The second kappa shape index (κ2) is 9.67. The molecule has 1 N–H and O–H groups in total. The first-order valence-corrected chi connectivity index (χ1v) is 11.0. The van der Waals surface area contributed by atoms with E-state index in [9.17, 15) is 19.7 Å². The zero-order valence-electron chi connectivity index (χ0n) is 16.6. The van der Waals surface area contributed by atoms with Gasteiger partial charge >= 0.3 is 0 Å². The molecule has 1 heterocycles. The number of halogens is 2. The van der Waals surface area contributed by atoms with Gasteiger partial charge in [-0.15, -0.1) is 0 Å². The number of aromatic nitrogens is 2. The lowest BCUT2D eigenvalue weighted by Crippen LogP contribution is -2.26. The molecule has 0 aliphatic rings. The van der Waals surface area contributed by atoms with Crippen LogP contribution in [0.2, 0.25) is 10.0 Å². The van der Waals surface area contributed by atoms with E-state index in [0.29, 0.717) is 27.6 Å². The van der Waals surface area contributed by atoms with Crippen LogP contribution in [-0.4, -0.2) is 26.1 Å². The van der Waals surface area contributed by atoms with Crippen LogP contribution in [0.5, 0.6) is 0 Å². The van der Waals surface area contributed by atoms with E-state index in [-0.39, 0.29) is 33.6 Å². The van der Waals surface area contributed by atoms with Gasteiger partial charge in [-0.25, -0.2) is 4.98 Å². The van der Waals surface area contributed by atoms with Gasteiger partial charge in [-0.1, -0.05) is 48.8 Å². The Morgan fingerprint density at radius 1 is 1.26 bits per heavy atom. The van der Waals surface area contributed by atoms with Gasteiger partial charge in [0.05, 0.1) is 21.6 Å². The van der Waals surface area contributed by atoms with Gasteiger partial charge in [0.25, 0.3) is 11.2 Å². The summed E-state index contributed by atoms with van der Waals surface area (Å²) in [5, 5.41) is 14.9. The molecule has 0 atom stereocenters. The summed E-state index contributed by atoms with van der Waals surface area (Å²) >= 11 is 12.9. The Kier molecular flexibility index (Phi) is 7.19. The van der Waals surface area contributed by atoms with Crippen molar-refractivity contribution in [3.63, 3.8) is 0 Å². The van der Waals surface area contributed by atoms with Crippen molar-refractivity contribution in [2.75, 3.05) is 11.1 Å². The van der Waals surface area contributed by atoms with E-state index < -0.39 is 10.8 Å². The van der Waals surface area contributed by atoms with Gasteiger partial charge in [0.15, 0.2) is 5.16 Å². The molecule has 2 aromatic carbocycles. The van der Waals surface area contributed by atoms with Crippen molar-refractivity contribution < 1.29 is 9.72 Å². The molecule has 0 fully saturated rings. The van der Waals surface area contributed by atoms with Crippen LogP contribution in [0.3, 0.4) is 0 Å². The second-order valence-electron chi connectivity index (χ2n) is 7.13. The number of carbonyl (C=O) groups excluding carboxylic acids is 1. The number of anilines is 1. The number of thioether (sulfide) groups is 1. The van der Waals surface area contributed by atoms with Crippen LogP contribution in [-0.2, 0) is 11.3 Å². The Hall–Kier alpha value is -2.62. The van der Waals surface area contributed by atoms with Crippen LogP contribution < -0.4 is 10.9 Å². The maximum absolute atomic E-state index is 13.0. The first-order chi connectivity index (χ1) is 14.7. The largest absolute Gasteiger partial charge is 0.325 e. The molecule has 1 amide bonds. The van der Waals surface area contributed by atoms with Crippen molar-refractivity contribution in [1.82, 2.24) is 9.55 Å². The molecule has 0 saturated carbocycles. The molecule has 0 aliphatic carbocycles. The lowest BCUT2D eigenvalue weighted by atomic mass is 10.2. The highest BCUT2D eigenvalue weighted by molar-refractivity contribution is 7.99. The number of hydrogen-bond donors (Lipinski definition) is 1. The highest BCUT2D eigenvalue weighted by atomic mass is 35.5. The van der Waals surface area contributed by atoms with Crippen LogP contribution >= 0.6 is 35.0 Å². The average molecular weight is 481 g/mol. The first-order valence-electron chi connectivity index (χ1n) is 9.22. The fourth-order valence-corrected chi connectivity index (χ4v) is 4.03. The third-order valence-corrected chi connectivity index (χ3v) is 5.72. The Bertz CT molecular complexity index is 1230. The summed E-state index contributed by atoms with van der Waals surface area (Å²) < 4.78 is 1.55. The highest BCUT2D eigenvalue weighted by Gasteiger charge is 2.17. The molecule has 3 rings (SSSR count). The van der Waals surface area contributed by atoms with Crippen molar-refractivity contribution in [1.29, 1.82) is 0 Å². The van der Waals surface area contributed by atoms with Crippen molar-refractivity contribution in [3.05, 3.63) is 66.9 Å². The number of nitro benzene ring substituents is 1. The maximum Gasteiger partial charge on any atom is 0.289 e. The van der Waals surface area contributed by atoms with E-state index in [1.54, 1.807) is 22.8 Å². The molecule has 0 saturated heterocycles. The number of nitrogens with one attached hydrogen (secondary N) is 1. The third-order valence-electron chi connectivity index (χ3n) is 4.19. The molecular formula is C20H18Cl2N4O4S. The van der Waals surface area contributed by atoms with Crippen LogP contribution in [0.4, 0.5) is 11.4 Å². The van der Waals surface area contributed by atoms with Crippen LogP contribution in [0.15, 0.2) is 46.3 Å². The quantitative estimate of drug-likeness (QED) is 0.220. The minimum absolute atomic E-state index is 0.0194. The molecule has 31 heavy (non-hydrogen) atoms. The van der Waals surface area contributed by atoms with Gasteiger partial charge in [0.1, 0.15) is 5.02 Å². The Balaban J connectivity index is 1.84. The Morgan fingerprint density at radius 3 is 2.68 bits per heavy atom. The molecule has 0 spiro atoms. The lowest BCUT2D eigenvalue weighted by molar-refractivity contribution is -0.384. The maximum atomic E-state index is 13.0. The Labute approximate surface area is 191 Å². The van der Waals surface area contributed by atoms with Crippen molar-refractivity contribution in [3.8, 4) is 0 Å². The lowest BCUT2D eigenvalue weighted by Gasteiger charge is -2.15. The van der Waals surface area contributed by atoms with Gasteiger partial charge in [-0.05, 0) is 36.2 Å². The summed E-state index contributed by atoms with van der Waals surface area (Å²) in [4.78, 5) is 40.3. The van der Waals surface area contributed by atoms with Gasteiger partial charge < -0.3 is 5.32 Å². The number of nitro groups is 1. The predicted molar refractivity (Wildman–Crippen MR) is 123 cm³/mol. The summed E-state index contributed by atoms with van der Waals surface area (Å²) in [5.41, 5.74) is 0.200. The summed E-state index contributed by atoms with van der Waals surface area (Å²) in [5.74, 6) is -0.266. The minimum atomic E-state index is -0.624. The third kappa shape index (κ3) is 5.55. The SMILES string of the molecule is CC(C)Cn1c(SCC(=O)Nc2ccc(Cl)c([N+](=O)[O-])c2)nc2cc(Cl)ccc2c1=O. The molecule has 0 aliphatic heterocycles. The molecule has 162 valence electrons. The molecule has 11 heteroatoms. The van der Waals surface area contributed by atoms with E-state index in [2.05, 4.69) is 10.3 Å². The summed E-state index contributed by atoms with van der Waals surface area (Å²) in [6.45, 7) is 4.40. The molecule has 8 nitrogen and oxygen atoms in total. The zero-order chi connectivity index (χ0) is 22.7. The molecular weight excluding hydrogens is 463 g/mol. The van der Waals surface area contributed by atoms with E-state index >= 15 is 0 Å². The fourth-order valence-electron chi connectivity index (χ4n) is 2.87. The fraction of sp³-hybridized carbons (Fsp3) is 0.250. The highest BCUT2D eigenvalue weighted by Crippen LogP contribution is 2.28. The molecule has 0 bridgehead atoms. The van der Waals surface area contributed by atoms with Crippen molar-refractivity contribution in [2.24, 2.45) is 5.92 Å². The topological polar surface area (TPSA) is 107 Å². The van der Waals surface area contributed by atoms with E-state index in [0.717, 1.165) is 11.8 Å². The number of rotatable bonds is 7. The minimum Gasteiger partial charge on any atom is -0.325 e. The predicted octanol–water partition coefficient (Wildman–Crippen LogP) is 5.00. The van der Waals surface area contributed by atoms with Crippen LogP contribution in [0.1, 0.15) is 13.8 Å². The van der Waals surface area contributed by atoms with Gasteiger partial charge in [0, 0.05) is 23.3 Å². The number of fused-ring (bicyclic) bond motifs is 1. The second-order valence-corrected chi connectivity index (χ2v) is 8.91. The van der Waals surface area contributed by atoms with Gasteiger partial charge in [0.2, 0.25) is 5.91 Å². The van der Waals surface area contributed by atoms with Crippen LogP contribution in [0.25, 0.3) is 10.9 Å². The smallest absolute Gasteiger partial charge is 0.289 e. The standard InChI is InChI=1S/C20H18Cl2N4O4S/c1-11(2)9-25-19(28)14-5-3-12(21)7-16(14)24-20(25)31-10-18(27)23-13-4-6-15(22)17(8-13)26(29)30/h3-8,11H,9-10H2,1-2H3,(H,23,27). The van der Waals surface area contributed by atoms with E-state index in [4.69, 9.17) is 23.2 Å². The molecule has 0 unspecified atom stereocenters. The normalized spacial score (nSPS) is 11.1. The average Bonchev–Trinajstić information content (AvgIpc) is 2.69. The van der Waals surface area contributed by atoms with E-state index in [1.807, 2.05) is 13.8 Å². The number of nitrogens with zero attached hydrogens (tertiary/aromatic N) is 3.